The number of thiophene rings is 1. The number of hydrogen-bond acceptors (Lipinski definition) is 5. The number of esters is 1. The van der Waals surface area contributed by atoms with E-state index in [1.165, 1.54) is 15.9 Å². The minimum Gasteiger partial charge on any atom is -0.462 e. The van der Waals surface area contributed by atoms with Crippen molar-refractivity contribution in [3.63, 3.8) is 0 Å². The summed E-state index contributed by atoms with van der Waals surface area (Å²) in [6.07, 6.45) is 0. The summed E-state index contributed by atoms with van der Waals surface area (Å²) in [4.78, 5) is 39.3. The van der Waals surface area contributed by atoms with Crippen molar-refractivity contribution in [1.29, 1.82) is 0 Å². The number of carbonyl (C=O) groups excluding carboxylic acids is 2. The number of ether oxygens (including phenoxy) is 1. The number of pyridine rings is 1. The number of carbonyl (C=O) groups is 2. The van der Waals surface area contributed by atoms with Gasteiger partial charge in [-0.1, -0.05) is 42.0 Å². The fourth-order valence-corrected chi connectivity index (χ4v) is 5.39. The first kappa shape index (κ1) is 24.4. The molecule has 0 bridgehead atoms. The summed E-state index contributed by atoms with van der Waals surface area (Å²) in [5, 5.41) is 6.07. The Morgan fingerprint density at radius 2 is 1.77 bits per heavy atom. The predicted octanol–water partition coefficient (Wildman–Crippen LogP) is 6.03. The van der Waals surface area contributed by atoms with Gasteiger partial charge in [0.2, 0.25) is 5.91 Å². The minimum absolute atomic E-state index is 0.218. The number of hydrogen-bond donors (Lipinski definition) is 1. The Kier molecular flexibility index (Phi) is 6.89. The van der Waals surface area contributed by atoms with Crippen LogP contribution in [0.25, 0.3) is 22.0 Å². The van der Waals surface area contributed by atoms with Crippen molar-refractivity contribution in [2.24, 2.45) is 0 Å². The molecule has 0 aliphatic heterocycles. The maximum atomic E-state index is 13.4. The molecule has 0 radical (unpaired) electrons. The highest BCUT2D eigenvalue weighted by Crippen LogP contribution is 2.36. The van der Waals surface area contributed by atoms with E-state index in [-0.39, 0.29) is 18.1 Å². The van der Waals surface area contributed by atoms with Gasteiger partial charge in [0.05, 0.1) is 12.1 Å². The van der Waals surface area contributed by atoms with Crippen molar-refractivity contribution >= 4 is 39.1 Å². The highest BCUT2D eigenvalue weighted by Gasteiger charge is 2.26. The molecule has 2 heterocycles. The predicted molar refractivity (Wildman–Crippen MR) is 141 cm³/mol. The SMILES string of the molecule is CCOC(=O)c1c(-c2ccccc2)csc1NC(=O)C(C)n1c(=O)cc(C)c2cc(C)cc(C)c21. The normalized spacial score (nSPS) is 11.9. The lowest BCUT2D eigenvalue weighted by atomic mass is 10.0. The van der Waals surface area contributed by atoms with Crippen molar-refractivity contribution in [3.05, 3.63) is 86.5 Å². The first-order valence-corrected chi connectivity index (χ1v) is 12.4. The average molecular weight is 489 g/mol. The van der Waals surface area contributed by atoms with Crippen molar-refractivity contribution in [1.82, 2.24) is 4.57 Å². The molecule has 35 heavy (non-hydrogen) atoms. The fourth-order valence-electron chi connectivity index (χ4n) is 4.43. The molecule has 2 aromatic heterocycles. The van der Waals surface area contributed by atoms with Gasteiger partial charge in [-0.15, -0.1) is 11.3 Å². The van der Waals surface area contributed by atoms with Gasteiger partial charge >= 0.3 is 5.97 Å². The molecule has 1 unspecified atom stereocenters. The number of nitrogens with zero attached hydrogens (tertiary/aromatic N) is 1. The molecule has 4 rings (SSSR count). The van der Waals surface area contributed by atoms with Gasteiger partial charge in [-0.25, -0.2) is 4.79 Å². The monoisotopic (exact) mass is 488 g/mol. The van der Waals surface area contributed by atoms with Crippen LogP contribution in [0.5, 0.6) is 0 Å². The van der Waals surface area contributed by atoms with Crippen LogP contribution in [0.3, 0.4) is 0 Å². The minimum atomic E-state index is -0.802. The van der Waals surface area contributed by atoms with Crippen LogP contribution in [0.2, 0.25) is 0 Å². The Bertz CT molecular complexity index is 1480. The quantitative estimate of drug-likeness (QED) is 0.336. The summed E-state index contributed by atoms with van der Waals surface area (Å²) in [6, 6.07) is 14.3. The number of aryl methyl sites for hydroxylation is 3. The Morgan fingerprint density at radius 3 is 2.46 bits per heavy atom. The molecule has 0 aliphatic carbocycles. The third kappa shape index (κ3) is 4.64. The highest BCUT2D eigenvalue weighted by atomic mass is 32.1. The number of rotatable bonds is 6. The Hall–Kier alpha value is -3.71. The van der Waals surface area contributed by atoms with E-state index in [1.807, 2.05) is 68.6 Å². The average Bonchev–Trinajstić information content (AvgIpc) is 3.23. The second-order valence-electron chi connectivity index (χ2n) is 8.62. The molecule has 2 aromatic carbocycles. The molecule has 0 saturated carbocycles. The van der Waals surface area contributed by atoms with Crippen LogP contribution in [0, 0.1) is 20.8 Å². The zero-order valence-corrected chi connectivity index (χ0v) is 21.3. The largest absolute Gasteiger partial charge is 0.462 e. The zero-order valence-electron chi connectivity index (χ0n) is 20.5. The topological polar surface area (TPSA) is 77.4 Å². The Morgan fingerprint density at radius 1 is 1.06 bits per heavy atom. The van der Waals surface area contributed by atoms with Crippen LogP contribution in [0.1, 0.15) is 46.9 Å². The van der Waals surface area contributed by atoms with E-state index in [1.54, 1.807) is 19.9 Å². The molecule has 6 nitrogen and oxygen atoms in total. The van der Waals surface area contributed by atoms with E-state index in [0.717, 1.165) is 33.2 Å². The summed E-state index contributed by atoms with van der Waals surface area (Å²) in [7, 11) is 0. The summed E-state index contributed by atoms with van der Waals surface area (Å²) in [5.41, 5.74) is 5.25. The van der Waals surface area contributed by atoms with Gasteiger partial charge < -0.3 is 10.1 Å². The number of benzene rings is 2. The van der Waals surface area contributed by atoms with E-state index in [9.17, 15) is 14.4 Å². The number of aromatic nitrogens is 1. The van der Waals surface area contributed by atoms with Crippen LogP contribution in [0.15, 0.2) is 58.7 Å². The lowest BCUT2D eigenvalue weighted by Crippen LogP contribution is -2.32. The molecule has 7 heteroatoms. The van der Waals surface area contributed by atoms with Gasteiger partial charge in [-0.2, -0.15) is 0 Å². The van der Waals surface area contributed by atoms with Gasteiger partial charge in [0.15, 0.2) is 0 Å². The van der Waals surface area contributed by atoms with E-state index in [2.05, 4.69) is 5.32 Å². The van der Waals surface area contributed by atoms with Gasteiger partial charge in [0.1, 0.15) is 16.6 Å². The van der Waals surface area contributed by atoms with Crippen LogP contribution in [-0.4, -0.2) is 23.1 Å². The van der Waals surface area contributed by atoms with Gasteiger partial charge in [0, 0.05) is 22.4 Å². The molecule has 0 spiro atoms. The standard InChI is InChI=1S/C28H28N2O4S/c1-6-34-28(33)24-22(20-10-8-7-9-11-20)15-35-27(24)29-26(32)19(5)30-23(31)14-17(3)21-13-16(2)12-18(4)25(21)30/h7-15,19H,6H2,1-5H3,(H,29,32). The van der Waals surface area contributed by atoms with E-state index in [0.29, 0.717) is 16.1 Å². The van der Waals surface area contributed by atoms with Crippen LogP contribution >= 0.6 is 11.3 Å². The zero-order chi connectivity index (χ0) is 25.3. The number of anilines is 1. The van der Waals surface area contributed by atoms with E-state index in [4.69, 9.17) is 4.74 Å². The van der Waals surface area contributed by atoms with Crippen LogP contribution < -0.4 is 10.9 Å². The summed E-state index contributed by atoms with van der Waals surface area (Å²) in [5.74, 6) is -0.885. The Labute approximate surface area is 208 Å². The lowest BCUT2D eigenvalue weighted by Gasteiger charge is -2.20. The van der Waals surface area contributed by atoms with Crippen molar-refractivity contribution in [3.8, 4) is 11.1 Å². The lowest BCUT2D eigenvalue weighted by molar-refractivity contribution is -0.118. The molecule has 0 aliphatic rings. The number of amides is 1. The molecule has 1 atom stereocenters. The summed E-state index contributed by atoms with van der Waals surface area (Å²) >= 11 is 1.26. The molecule has 0 fully saturated rings. The summed E-state index contributed by atoms with van der Waals surface area (Å²) in [6.45, 7) is 9.51. The Balaban J connectivity index is 1.76. The van der Waals surface area contributed by atoms with Gasteiger partial charge in [0.25, 0.3) is 5.56 Å². The first-order valence-electron chi connectivity index (χ1n) is 11.5. The second kappa shape index (κ2) is 9.88. The second-order valence-corrected chi connectivity index (χ2v) is 9.50. The first-order chi connectivity index (χ1) is 16.7. The van der Waals surface area contributed by atoms with Gasteiger partial charge in [-0.05, 0) is 57.4 Å². The molecule has 4 aromatic rings. The van der Waals surface area contributed by atoms with E-state index >= 15 is 0 Å². The smallest absolute Gasteiger partial charge is 0.341 e. The van der Waals surface area contributed by atoms with Crippen molar-refractivity contribution in [2.75, 3.05) is 11.9 Å². The maximum Gasteiger partial charge on any atom is 0.341 e. The molecule has 0 saturated heterocycles. The third-order valence-electron chi connectivity index (χ3n) is 6.05. The molecule has 1 N–H and O–H groups in total. The van der Waals surface area contributed by atoms with Gasteiger partial charge in [-0.3, -0.25) is 14.2 Å². The van der Waals surface area contributed by atoms with E-state index < -0.39 is 12.0 Å². The highest BCUT2D eigenvalue weighted by molar-refractivity contribution is 7.15. The fraction of sp³-hybridized carbons (Fsp3) is 0.250. The third-order valence-corrected chi connectivity index (χ3v) is 6.94. The molecule has 1 amide bonds. The number of fused-ring (bicyclic) bond motifs is 1. The number of nitrogens with one attached hydrogen (secondary N) is 1. The maximum absolute atomic E-state index is 13.4. The molecular weight excluding hydrogens is 460 g/mol. The van der Waals surface area contributed by atoms with Crippen molar-refractivity contribution < 1.29 is 14.3 Å². The molecule has 180 valence electrons. The molecular formula is C28H28N2O4S. The van der Waals surface area contributed by atoms with Crippen LogP contribution in [-0.2, 0) is 9.53 Å². The van der Waals surface area contributed by atoms with Crippen LogP contribution in [0.4, 0.5) is 5.00 Å². The van der Waals surface area contributed by atoms with Crippen molar-refractivity contribution in [2.45, 2.75) is 40.7 Å². The summed E-state index contributed by atoms with van der Waals surface area (Å²) < 4.78 is 6.82.